The maximum absolute atomic E-state index is 14.0. The van der Waals surface area contributed by atoms with E-state index in [1.165, 1.54) is 11.0 Å². The van der Waals surface area contributed by atoms with E-state index >= 15 is 0 Å². The van der Waals surface area contributed by atoms with Crippen LogP contribution in [0, 0.1) is 23.7 Å². The molecule has 252 valence electrons. The number of alkyl carbamates (subject to hydrolysis) is 1. The minimum Gasteiger partial charge on any atom is -0.444 e. The number of hydrogen-bond donors (Lipinski definition) is 4. The van der Waals surface area contributed by atoms with Crippen LogP contribution in [-0.2, 0) is 29.1 Å². The SMILES string of the molecule is CC(C)[C@H](NC(=O)OC(C)(C)C)C(=O)N(CC(=O)N[C@]1(C(=O)NS(=O)(=O)c2cccc3cc[nH]c23)C[C@H]1C1CC1)CC1CCCC1. The molecule has 0 spiro atoms. The van der Waals surface area contributed by atoms with E-state index in [2.05, 4.69) is 20.3 Å². The number of benzene rings is 1. The number of nitrogens with zero attached hydrogens (tertiary/aromatic N) is 1. The quantitative estimate of drug-likeness (QED) is 0.269. The molecule has 0 aliphatic heterocycles. The van der Waals surface area contributed by atoms with Gasteiger partial charge in [-0.25, -0.2) is 17.9 Å². The summed E-state index contributed by atoms with van der Waals surface area (Å²) in [5.74, 6) is -1.77. The maximum atomic E-state index is 14.0. The van der Waals surface area contributed by atoms with Gasteiger partial charge in [-0.3, -0.25) is 14.4 Å². The summed E-state index contributed by atoms with van der Waals surface area (Å²) in [5.41, 5.74) is -1.75. The van der Waals surface area contributed by atoms with Gasteiger partial charge in [0.1, 0.15) is 22.1 Å². The van der Waals surface area contributed by atoms with Crippen LogP contribution >= 0.6 is 0 Å². The monoisotopic (exact) mass is 657 g/mol. The molecule has 3 atom stereocenters. The Bertz CT molecular complexity index is 1590. The standard InChI is InChI=1S/C33H47N5O7S/c1-20(2)27(35-31(42)45-32(3,4)5)29(40)38(18-21-9-6-7-10-21)19-26(39)36-33(17-24(33)22-13-14-22)30(41)37-46(43,44)25-12-8-11-23-15-16-34-28(23)25/h8,11-12,15-16,20-22,24,27,34H,6-7,9-10,13-14,17-19H2,1-5H3,(H,35,42)(H,36,39)(H,37,41)/t24-,27-,33+/m0/s1. The van der Waals surface area contributed by atoms with E-state index in [0.29, 0.717) is 23.9 Å². The average Bonchev–Trinajstić information content (AvgIpc) is 3.80. The van der Waals surface area contributed by atoms with Gasteiger partial charge in [-0.05, 0) is 88.7 Å². The highest BCUT2D eigenvalue weighted by Gasteiger charge is 2.66. The topological polar surface area (TPSA) is 167 Å². The largest absolute Gasteiger partial charge is 0.444 e. The number of amides is 4. The zero-order valence-electron chi connectivity index (χ0n) is 27.4. The first-order chi connectivity index (χ1) is 21.6. The lowest BCUT2D eigenvalue weighted by atomic mass is 10.0. The highest BCUT2D eigenvalue weighted by atomic mass is 32.2. The zero-order valence-corrected chi connectivity index (χ0v) is 28.2. The lowest BCUT2D eigenvalue weighted by molar-refractivity contribution is -0.140. The fourth-order valence-corrected chi connectivity index (χ4v) is 7.95. The molecule has 3 aliphatic carbocycles. The number of aromatic amines is 1. The van der Waals surface area contributed by atoms with Gasteiger partial charge >= 0.3 is 6.09 Å². The van der Waals surface area contributed by atoms with E-state index < -0.39 is 51.0 Å². The average molecular weight is 658 g/mol. The second kappa shape index (κ2) is 12.9. The number of sulfonamides is 1. The molecule has 12 nitrogen and oxygen atoms in total. The Kier molecular flexibility index (Phi) is 9.45. The van der Waals surface area contributed by atoms with Gasteiger partial charge in [-0.15, -0.1) is 0 Å². The lowest BCUT2D eigenvalue weighted by Gasteiger charge is -2.32. The molecule has 46 heavy (non-hydrogen) atoms. The Hall–Kier alpha value is -3.61. The Balaban J connectivity index is 1.33. The minimum absolute atomic E-state index is 0.0565. The highest BCUT2D eigenvalue weighted by molar-refractivity contribution is 7.90. The van der Waals surface area contributed by atoms with Crippen LogP contribution in [0.5, 0.6) is 0 Å². The molecule has 4 amide bonds. The summed E-state index contributed by atoms with van der Waals surface area (Å²) in [6, 6.07) is 5.61. The predicted octanol–water partition coefficient (Wildman–Crippen LogP) is 3.83. The summed E-state index contributed by atoms with van der Waals surface area (Å²) in [6.45, 7) is 8.85. The molecule has 4 N–H and O–H groups in total. The zero-order chi connectivity index (χ0) is 33.4. The first-order valence-corrected chi connectivity index (χ1v) is 17.8. The summed E-state index contributed by atoms with van der Waals surface area (Å²) in [6.07, 6.45) is 6.98. The third kappa shape index (κ3) is 7.67. The number of nitrogens with one attached hydrogen (secondary N) is 4. The first-order valence-electron chi connectivity index (χ1n) is 16.3. The Labute approximate surface area is 270 Å². The molecule has 0 radical (unpaired) electrons. The summed E-state index contributed by atoms with van der Waals surface area (Å²) in [7, 11) is -4.26. The molecule has 3 aliphatic rings. The van der Waals surface area contributed by atoms with Gasteiger partial charge in [0, 0.05) is 18.1 Å². The third-order valence-corrected chi connectivity index (χ3v) is 10.6. The molecule has 1 aromatic heterocycles. The molecular formula is C33H47N5O7S. The molecule has 0 saturated heterocycles. The van der Waals surface area contributed by atoms with E-state index in [0.717, 1.165) is 38.5 Å². The smallest absolute Gasteiger partial charge is 0.408 e. The predicted molar refractivity (Wildman–Crippen MR) is 172 cm³/mol. The van der Waals surface area contributed by atoms with Crippen molar-refractivity contribution in [2.75, 3.05) is 13.1 Å². The number of carbonyl (C=O) groups excluding carboxylic acids is 4. The fraction of sp³-hybridized carbons (Fsp3) is 0.636. The molecule has 3 fully saturated rings. The summed E-state index contributed by atoms with van der Waals surface area (Å²) < 4.78 is 34.5. The molecule has 1 heterocycles. The van der Waals surface area contributed by atoms with Gasteiger partial charge < -0.3 is 25.3 Å². The highest BCUT2D eigenvalue weighted by Crippen LogP contribution is 2.57. The van der Waals surface area contributed by atoms with Gasteiger partial charge in [0.15, 0.2) is 0 Å². The summed E-state index contributed by atoms with van der Waals surface area (Å²) in [5, 5.41) is 6.25. The Morgan fingerprint density at radius 2 is 1.76 bits per heavy atom. The van der Waals surface area contributed by atoms with E-state index in [9.17, 15) is 27.6 Å². The van der Waals surface area contributed by atoms with Crippen LogP contribution in [0.4, 0.5) is 4.79 Å². The normalized spacial score (nSPS) is 22.3. The number of hydrogen-bond acceptors (Lipinski definition) is 7. The van der Waals surface area contributed by atoms with Crippen LogP contribution in [0.15, 0.2) is 35.4 Å². The van der Waals surface area contributed by atoms with Crippen molar-refractivity contribution in [1.29, 1.82) is 0 Å². The molecule has 0 unspecified atom stereocenters. The molecule has 13 heteroatoms. The summed E-state index contributed by atoms with van der Waals surface area (Å²) >= 11 is 0. The van der Waals surface area contributed by atoms with Crippen LogP contribution in [0.1, 0.15) is 79.6 Å². The van der Waals surface area contributed by atoms with Crippen LogP contribution in [0.2, 0.25) is 0 Å². The van der Waals surface area contributed by atoms with Gasteiger partial charge in [-0.1, -0.05) is 38.8 Å². The number of rotatable bonds is 12. The molecule has 0 bridgehead atoms. The number of carbonyl (C=O) groups is 4. The van der Waals surface area contributed by atoms with Crippen molar-refractivity contribution in [2.24, 2.45) is 23.7 Å². The van der Waals surface area contributed by atoms with Crippen LogP contribution < -0.4 is 15.4 Å². The molecule has 5 rings (SSSR count). The van der Waals surface area contributed by atoms with Crippen molar-refractivity contribution in [1.82, 2.24) is 25.2 Å². The first kappa shape index (κ1) is 33.7. The van der Waals surface area contributed by atoms with E-state index in [1.54, 1.807) is 45.2 Å². The number of fused-ring (bicyclic) bond motifs is 1. The second-order valence-corrected chi connectivity index (χ2v) is 16.2. The molecule has 1 aromatic carbocycles. The van der Waals surface area contributed by atoms with Crippen molar-refractivity contribution in [3.8, 4) is 0 Å². The van der Waals surface area contributed by atoms with Crippen molar-refractivity contribution in [2.45, 2.75) is 102 Å². The van der Waals surface area contributed by atoms with Gasteiger partial charge in [-0.2, -0.15) is 0 Å². The number of ether oxygens (including phenoxy) is 1. The Morgan fingerprint density at radius 1 is 1.07 bits per heavy atom. The van der Waals surface area contributed by atoms with Gasteiger partial charge in [0.2, 0.25) is 11.8 Å². The number of H-pyrrole nitrogens is 1. The van der Waals surface area contributed by atoms with Crippen LogP contribution in [0.3, 0.4) is 0 Å². The van der Waals surface area contributed by atoms with E-state index in [-0.39, 0.29) is 35.1 Å². The lowest BCUT2D eigenvalue weighted by Crippen LogP contribution is -2.57. The molecule has 3 saturated carbocycles. The third-order valence-electron chi connectivity index (χ3n) is 9.24. The van der Waals surface area contributed by atoms with Crippen molar-refractivity contribution in [3.05, 3.63) is 30.5 Å². The molecular weight excluding hydrogens is 610 g/mol. The van der Waals surface area contributed by atoms with Crippen LogP contribution in [-0.4, -0.2) is 72.4 Å². The number of para-hydroxylation sites is 1. The van der Waals surface area contributed by atoms with Gasteiger partial charge in [0.25, 0.3) is 15.9 Å². The van der Waals surface area contributed by atoms with E-state index in [4.69, 9.17) is 4.74 Å². The van der Waals surface area contributed by atoms with Gasteiger partial charge in [0.05, 0.1) is 12.1 Å². The fourth-order valence-electron chi connectivity index (χ4n) is 6.71. The van der Waals surface area contributed by atoms with Crippen molar-refractivity contribution < 1.29 is 32.3 Å². The number of aromatic nitrogens is 1. The maximum Gasteiger partial charge on any atom is 0.408 e. The van der Waals surface area contributed by atoms with Crippen molar-refractivity contribution >= 4 is 44.7 Å². The summed E-state index contributed by atoms with van der Waals surface area (Å²) in [4.78, 5) is 58.4. The molecule has 2 aromatic rings. The Morgan fingerprint density at radius 3 is 2.39 bits per heavy atom. The van der Waals surface area contributed by atoms with E-state index in [1.807, 2.05) is 13.8 Å². The minimum atomic E-state index is -4.26. The van der Waals surface area contributed by atoms with Crippen molar-refractivity contribution in [3.63, 3.8) is 0 Å². The second-order valence-electron chi connectivity index (χ2n) is 14.5. The van der Waals surface area contributed by atoms with Crippen LogP contribution in [0.25, 0.3) is 10.9 Å².